The lowest BCUT2D eigenvalue weighted by molar-refractivity contribution is -0.136. The van der Waals surface area contributed by atoms with Crippen molar-refractivity contribution in [3.8, 4) is 11.5 Å². The van der Waals surface area contributed by atoms with Gasteiger partial charge in [-0.15, -0.1) is 0 Å². The molecule has 0 aliphatic rings. The minimum absolute atomic E-state index is 0.393. The first-order valence-corrected chi connectivity index (χ1v) is 13.8. The number of carbonyl (C=O) groups excluding carboxylic acids is 2. The Balaban J connectivity index is 1.32. The van der Waals surface area contributed by atoms with Crippen LogP contribution in [0.3, 0.4) is 0 Å². The summed E-state index contributed by atoms with van der Waals surface area (Å²) in [5.74, 6) is -1.18. The van der Waals surface area contributed by atoms with Gasteiger partial charge >= 0.3 is 11.9 Å². The Morgan fingerprint density at radius 3 is 0.929 bits per heavy atom. The van der Waals surface area contributed by atoms with Gasteiger partial charge in [0.15, 0.2) is 0 Å². The third-order valence-corrected chi connectivity index (χ3v) is 7.27. The first-order valence-electron chi connectivity index (χ1n) is 13.8. The summed E-state index contributed by atoms with van der Waals surface area (Å²) in [6.45, 7) is 0. The molecular weight excluding hydrogens is 520 g/mol. The standard InChI is InChI=1S/C38H28O4/c39-37(35(27-15-5-1-6-16-27)28-17-7-2-8-18-28)41-33-25-13-24-32-31(33)23-14-26-34(32)42-38(40)36(29-19-9-3-10-20-29)30-21-11-4-12-22-30/h1-26,35-36H. The Morgan fingerprint density at radius 2 is 0.643 bits per heavy atom. The van der Waals surface area contributed by atoms with Gasteiger partial charge in [-0.2, -0.15) is 0 Å². The maximum Gasteiger partial charge on any atom is 0.323 e. The van der Waals surface area contributed by atoms with Gasteiger partial charge in [-0.1, -0.05) is 146 Å². The summed E-state index contributed by atoms with van der Waals surface area (Å²) in [6.07, 6.45) is 0. The maximum absolute atomic E-state index is 13.7. The van der Waals surface area contributed by atoms with Gasteiger partial charge in [-0.25, -0.2) is 0 Å². The van der Waals surface area contributed by atoms with Gasteiger partial charge in [0, 0.05) is 10.8 Å². The molecule has 0 saturated carbocycles. The van der Waals surface area contributed by atoms with Gasteiger partial charge in [-0.05, 0) is 34.4 Å². The molecule has 6 rings (SSSR count). The first-order chi connectivity index (χ1) is 20.7. The fourth-order valence-corrected chi connectivity index (χ4v) is 5.28. The summed E-state index contributed by atoms with van der Waals surface area (Å²) < 4.78 is 12.1. The molecule has 0 aliphatic carbocycles. The van der Waals surface area contributed by atoms with Crippen molar-refractivity contribution < 1.29 is 19.1 Å². The Kier molecular flexibility index (Phi) is 7.87. The molecule has 0 amide bonds. The average Bonchev–Trinajstić information content (AvgIpc) is 3.04. The van der Waals surface area contributed by atoms with E-state index in [-0.39, 0.29) is 0 Å². The zero-order chi connectivity index (χ0) is 28.7. The fraction of sp³-hybridized carbons (Fsp3) is 0.0526. The lowest BCUT2D eigenvalue weighted by atomic mass is 9.91. The van der Waals surface area contributed by atoms with Crippen LogP contribution >= 0.6 is 0 Å². The normalized spacial score (nSPS) is 11.0. The summed E-state index contributed by atoms with van der Waals surface area (Å²) in [6, 6.07) is 49.2. The van der Waals surface area contributed by atoms with Crippen LogP contribution in [-0.4, -0.2) is 11.9 Å². The van der Waals surface area contributed by atoms with Crippen LogP contribution in [0.15, 0.2) is 158 Å². The van der Waals surface area contributed by atoms with E-state index in [4.69, 9.17) is 9.47 Å². The quantitative estimate of drug-likeness (QED) is 0.142. The summed E-state index contributed by atoms with van der Waals surface area (Å²) >= 11 is 0. The van der Waals surface area contributed by atoms with E-state index in [9.17, 15) is 9.59 Å². The summed E-state index contributed by atoms with van der Waals surface area (Å²) in [4.78, 5) is 27.4. The molecule has 0 heterocycles. The van der Waals surface area contributed by atoms with Crippen LogP contribution in [-0.2, 0) is 9.59 Å². The van der Waals surface area contributed by atoms with Gasteiger partial charge in [0.1, 0.15) is 23.3 Å². The Bertz CT molecular complexity index is 1590. The summed E-state index contributed by atoms with van der Waals surface area (Å²) in [5.41, 5.74) is 3.38. The predicted octanol–water partition coefficient (Wildman–Crippen LogP) is 8.31. The molecule has 6 aromatic rings. The van der Waals surface area contributed by atoms with Gasteiger partial charge in [0.25, 0.3) is 0 Å². The van der Waals surface area contributed by atoms with Gasteiger partial charge in [-0.3, -0.25) is 9.59 Å². The molecular formula is C38H28O4. The highest BCUT2D eigenvalue weighted by atomic mass is 16.5. The van der Waals surface area contributed by atoms with Crippen LogP contribution in [0.2, 0.25) is 0 Å². The lowest BCUT2D eigenvalue weighted by Gasteiger charge is -2.19. The second-order valence-corrected chi connectivity index (χ2v) is 9.96. The number of rotatable bonds is 8. The second kappa shape index (κ2) is 12.4. The molecule has 0 spiro atoms. The minimum atomic E-state index is -0.596. The second-order valence-electron chi connectivity index (χ2n) is 9.96. The zero-order valence-corrected chi connectivity index (χ0v) is 22.8. The predicted molar refractivity (Wildman–Crippen MR) is 165 cm³/mol. The van der Waals surface area contributed by atoms with Gasteiger partial charge in [0.2, 0.25) is 0 Å². The van der Waals surface area contributed by atoms with Crippen LogP contribution in [0.5, 0.6) is 11.5 Å². The SMILES string of the molecule is O=C(Oc1cccc2c(OC(=O)C(c3ccccc3)c3ccccc3)cccc12)C(c1ccccc1)c1ccccc1. The summed E-state index contributed by atoms with van der Waals surface area (Å²) in [5, 5.41) is 1.35. The van der Waals surface area contributed by atoms with E-state index in [1.54, 1.807) is 24.3 Å². The molecule has 6 aromatic carbocycles. The van der Waals surface area contributed by atoms with Crippen molar-refractivity contribution in [2.24, 2.45) is 0 Å². The first kappa shape index (κ1) is 26.7. The Labute approximate surface area is 244 Å². The van der Waals surface area contributed by atoms with E-state index in [1.807, 2.05) is 133 Å². The molecule has 4 nitrogen and oxygen atoms in total. The largest absolute Gasteiger partial charge is 0.425 e. The van der Waals surface area contributed by atoms with E-state index >= 15 is 0 Å². The van der Waals surface area contributed by atoms with Crippen molar-refractivity contribution in [2.75, 3.05) is 0 Å². The topological polar surface area (TPSA) is 52.6 Å². The van der Waals surface area contributed by atoms with Crippen molar-refractivity contribution in [3.63, 3.8) is 0 Å². The molecule has 0 fully saturated rings. The van der Waals surface area contributed by atoms with Crippen LogP contribution < -0.4 is 9.47 Å². The van der Waals surface area contributed by atoms with Crippen molar-refractivity contribution in [2.45, 2.75) is 11.8 Å². The van der Waals surface area contributed by atoms with Crippen LogP contribution in [0, 0.1) is 0 Å². The molecule has 0 unspecified atom stereocenters. The molecule has 42 heavy (non-hydrogen) atoms. The van der Waals surface area contributed by atoms with Gasteiger partial charge in [0.05, 0.1) is 0 Å². The third-order valence-electron chi connectivity index (χ3n) is 7.27. The maximum atomic E-state index is 13.7. The third kappa shape index (κ3) is 5.70. The van der Waals surface area contributed by atoms with E-state index in [0.717, 1.165) is 22.3 Å². The zero-order valence-electron chi connectivity index (χ0n) is 22.8. The average molecular weight is 549 g/mol. The summed E-state index contributed by atoms with van der Waals surface area (Å²) in [7, 11) is 0. The van der Waals surface area contributed by atoms with E-state index in [1.165, 1.54) is 0 Å². The molecule has 4 heteroatoms. The fourth-order valence-electron chi connectivity index (χ4n) is 5.28. The van der Waals surface area contributed by atoms with Gasteiger partial charge < -0.3 is 9.47 Å². The Hall–Kier alpha value is -5.48. The molecule has 0 atom stereocenters. The Morgan fingerprint density at radius 1 is 0.357 bits per heavy atom. The molecule has 0 bridgehead atoms. The van der Waals surface area contributed by atoms with Crippen molar-refractivity contribution in [1.29, 1.82) is 0 Å². The highest BCUT2D eigenvalue weighted by Gasteiger charge is 2.27. The highest BCUT2D eigenvalue weighted by molar-refractivity contribution is 5.97. The number of esters is 2. The smallest absolute Gasteiger partial charge is 0.323 e. The lowest BCUT2D eigenvalue weighted by Crippen LogP contribution is -2.20. The molecule has 0 aliphatic heterocycles. The number of carbonyl (C=O) groups is 2. The van der Waals surface area contributed by atoms with Crippen molar-refractivity contribution in [3.05, 3.63) is 180 Å². The molecule has 0 aromatic heterocycles. The minimum Gasteiger partial charge on any atom is -0.425 e. The van der Waals surface area contributed by atoms with Crippen molar-refractivity contribution >= 4 is 22.7 Å². The molecule has 204 valence electrons. The van der Waals surface area contributed by atoms with Crippen LogP contribution in [0.25, 0.3) is 10.8 Å². The van der Waals surface area contributed by atoms with Crippen LogP contribution in [0.4, 0.5) is 0 Å². The molecule has 0 saturated heterocycles. The molecule has 0 N–H and O–H groups in total. The van der Waals surface area contributed by atoms with E-state index in [2.05, 4.69) is 0 Å². The number of benzene rings is 6. The number of hydrogen-bond acceptors (Lipinski definition) is 4. The molecule has 0 radical (unpaired) electrons. The highest BCUT2D eigenvalue weighted by Crippen LogP contribution is 2.36. The monoisotopic (exact) mass is 548 g/mol. The number of ether oxygens (including phenoxy) is 2. The number of fused-ring (bicyclic) bond motifs is 1. The van der Waals surface area contributed by atoms with Crippen LogP contribution in [0.1, 0.15) is 34.1 Å². The van der Waals surface area contributed by atoms with E-state index in [0.29, 0.717) is 22.3 Å². The van der Waals surface area contributed by atoms with Crippen molar-refractivity contribution in [1.82, 2.24) is 0 Å². The number of hydrogen-bond donors (Lipinski definition) is 0. The van der Waals surface area contributed by atoms with E-state index < -0.39 is 23.8 Å².